The van der Waals surface area contributed by atoms with Gasteiger partial charge < -0.3 is 10.1 Å². The van der Waals surface area contributed by atoms with Gasteiger partial charge in [-0.2, -0.15) is 0 Å². The van der Waals surface area contributed by atoms with Crippen molar-refractivity contribution in [1.82, 2.24) is 4.98 Å². The summed E-state index contributed by atoms with van der Waals surface area (Å²) in [5.74, 6) is 0.853. The van der Waals surface area contributed by atoms with Crippen LogP contribution in [0.4, 0.5) is 5.69 Å². The van der Waals surface area contributed by atoms with Crippen LogP contribution in [0.15, 0.2) is 79.1 Å². The Morgan fingerprint density at radius 1 is 0.826 bits per heavy atom. The van der Waals surface area contributed by atoms with Crippen molar-refractivity contribution in [1.29, 1.82) is 0 Å². The molecule has 1 heterocycles. The number of anilines is 1. The van der Waals surface area contributed by atoms with Crippen LogP contribution in [0.3, 0.4) is 0 Å². The zero-order valence-electron chi connectivity index (χ0n) is 12.8. The normalized spacial score (nSPS) is 11.2. The fraction of sp³-hybridized carbons (Fsp3) is 0.105. The average molecular weight is 327 g/mol. The third kappa shape index (κ3) is 4.24. The molecule has 0 saturated heterocycles. The highest BCUT2D eigenvalue weighted by atomic mass is 35.5. The number of hydrogen-bond donors (Lipinski definition) is 1. The predicted molar refractivity (Wildman–Crippen MR) is 96.4 cm³/mol. The highest BCUT2D eigenvalue weighted by Crippen LogP contribution is 2.27. The summed E-state index contributed by atoms with van der Waals surface area (Å²) < 4.78 is 5.21. The molecule has 1 aromatic heterocycles. The molecule has 3 rings (SSSR count). The summed E-state index contributed by atoms with van der Waals surface area (Å²) in [6.07, 6.45) is 3.64. The van der Waals surface area contributed by atoms with E-state index in [2.05, 4.69) is 34.6 Å². The zero-order valence-corrected chi connectivity index (χ0v) is 13.7. The Morgan fingerprint density at radius 3 is 2.04 bits per heavy atom. The van der Waals surface area contributed by atoms with E-state index in [4.69, 9.17) is 4.74 Å². The molecular formula is C19H19ClN2O. The Hall–Kier alpha value is -2.52. The van der Waals surface area contributed by atoms with Crippen LogP contribution in [-0.2, 0) is 0 Å². The van der Waals surface area contributed by atoms with Crippen molar-refractivity contribution in [3.63, 3.8) is 0 Å². The van der Waals surface area contributed by atoms with Crippen molar-refractivity contribution in [2.45, 2.75) is 6.04 Å². The number of methoxy groups -OCH3 is 1. The minimum atomic E-state index is 0. The molecule has 3 aromatic rings. The Kier molecular flexibility index (Phi) is 6.01. The average Bonchev–Trinajstić information content (AvgIpc) is 2.62. The van der Waals surface area contributed by atoms with Crippen LogP contribution >= 0.6 is 12.4 Å². The number of pyridine rings is 1. The Balaban J connectivity index is 0.00000192. The van der Waals surface area contributed by atoms with Gasteiger partial charge in [0, 0.05) is 18.1 Å². The molecule has 0 aliphatic heterocycles. The van der Waals surface area contributed by atoms with E-state index in [1.165, 1.54) is 11.1 Å². The van der Waals surface area contributed by atoms with E-state index in [0.717, 1.165) is 11.4 Å². The molecule has 3 nitrogen and oxygen atoms in total. The smallest absolute Gasteiger partial charge is 0.119 e. The van der Waals surface area contributed by atoms with Gasteiger partial charge in [-0.05, 0) is 47.5 Å². The minimum Gasteiger partial charge on any atom is -0.497 e. The molecule has 0 bridgehead atoms. The first kappa shape index (κ1) is 16.8. The SMILES string of the molecule is COc1ccc(NC(c2ccccc2)c2ccncc2)cc1.Cl. The van der Waals surface area contributed by atoms with E-state index >= 15 is 0 Å². The van der Waals surface area contributed by atoms with Crippen molar-refractivity contribution in [2.75, 3.05) is 12.4 Å². The number of halogens is 1. The summed E-state index contributed by atoms with van der Waals surface area (Å²) >= 11 is 0. The van der Waals surface area contributed by atoms with Gasteiger partial charge in [-0.1, -0.05) is 30.3 Å². The molecule has 0 spiro atoms. The molecule has 0 aliphatic rings. The second-order valence-electron chi connectivity index (χ2n) is 5.00. The van der Waals surface area contributed by atoms with E-state index in [-0.39, 0.29) is 18.4 Å². The van der Waals surface area contributed by atoms with E-state index in [0.29, 0.717) is 0 Å². The molecule has 0 amide bonds. The molecule has 118 valence electrons. The molecule has 0 radical (unpaired) electrons. The van der Waals surface area contributed by atoms with Crippen LogP contribution in [0, 0.1) is 0 Å². The summed E-state index contributed by atoms with van der Waals surface area (Å²) in [4.78, 5) is 4.11. The number of aromatic nitrogens is 1. The molecule has 0 saturated carbocycles. The van der Waals surface area contributed by atoms with Gasteiger partial charge in [0.2, 0.25) is 0 Å². The fourth-order valence-corrected chi connectivity index (χ4v) is 2.41. The lowest BCUT2D eigenvalue weighted by molar-refractivity contribution is 0.415. The largest absolute Gasteiger partial charge is 0.497 e. The molecule has 2 aromatic carbocycles. The van der Waals surface area contributed by atoms with Crippen molar-refractivity contribution in [3.8, 4) is 5.75 Å². The highest BCUT2D eigenvalue weighted by molar-refractivity contribution is 5.85. The number of ether oxygens (including phenoxy) is 1. The Labute approximate surface area is 142 Å². The number of hydrogen-bond acceptors (Lipinski definition) is 3. The van der Waals surface area contributed by atoms with E-state index in [1.54, 1.807) is 7.11 Å². The van der Waals surface area contributed by atoms with Gasteiger partial charge >= 0.3 is 0 Å². The number of rotatable bonds is 5. The monoisotopic (exact) mass is 326 g/mol. The number of nitrogens with one attached hydrogen (secondary N) is 1. The topological polar surface area (TPSA) is 34.1 Å². The number of nitrogens with zero attached hydrogens (tertiary/aromatic N) is 1. The standard InChI is InChI=1S/C19H18N2O.ClH/c1-22-18-9-7-17(8-10-18)21-19(15-5-3-2-4-6-15)16-11-13-20-14-12-16;/h2-14,19,21H,1H3;1H. The Bertz CT molecular complexity index is 663. The summed E-state index contributed by atoms with van der Waals surface area (Å²) in [5, 5.41) is 3.58. The maximum absolute atomic E-state index is 5.21. The fourth-order valence-electron chi connectivity index (χ4n) is 2.41. The summed E-state index contributed by atoms with van der Waals surface area (Å²) in [6, 6.07) is 22.5. The van der Waals surface area contributed by atoms with Crippen LogP contribution in [0.25, 0.3) is 0 Å². The quantitative estimate of drug-likeness (QED) is 0.737. The first-order valence-electron chi connectivity index (χ1n) is 7.22. The lowest BCUT2D eigenvalue weighted by Crippen LogP contribution is -2.12. The molecule has 1 atom stereocenters. The third-order valence-electron chi connectivity index (χ3n) is 3.57. The maximum Gasteiger partial charge on any atom is 0.119 e. The van der Waals surface area contributed by atoms with Crippen LogP contribution in [0.2, 0.25) is 0 Å². The summed E-state index contributed by atoms with van der Waals surface area (Å²) in [7, 11) is 1.67. The van der Waals surface area contributed by atoms with Gasteiger partial charge in [-0.25, -0.2) is 0 Å². The van der Waals surface area contributed by atoms with Crippen molar-refractivity contribution in [2.24, 2.45) is 0 Å². The first-order chi connectivity index (χ1) is 10.9. The van der Waals surface area contributed by atoms with Gasteiger partial charge in [-0.15, -0.1) is 12.4 Å². The molecule has 23 heavy (non-hydrogen) atoms. The molecule has 0 aliphatic carbocycles. The van der Waals surface area contributed by atoms with Crippen LogP contribution in [-0.4, -0.2) is 12.1 Å². The molecule has 0 fully saturated rings. The van der Waals surface area contributed by atoms with Crippen molar-refractivity contribution < 1.29 is 4.74 Å². The van der Waals surface area contributed by atoms with Crippen LogP contribution in [0.5, 0.6) is 5.75 Å². The second kappa shape index (κ2) is 8.20. The minimum absolute atomic E-state index is 0. The molecule has 1 unspecified atom stereocenters. The molecular weight excluding hydrogens is 308 g/mol. The Morgan fingerprint density at radius 2 is 1.43 bits per heavy atom. The second-order valence-corrected chi connectivity index (χ2v) is 5.00. The van der Waals surface area contributed by atoms with Gasteiger partial charge in [0.15, 0.2) is 0 Å². The van der Waals surface area contributed by atoms with Gasteiger partial charge in [0.05, 0.1) is 13.2 Å². The van der Waals surface area contributed by atoms with E-state index in [9.17, 15) is 0 Å². The van der Waals surface area contributed by atoms with Crippen LogP contribution < -0.4 is 10.1 Å². The summed E-state index contributed by atoms with van der Waals surface area (Å²) in [6.45, 7) is 0. The van der Waals surface area contributed by atoms with Gasteiger partial charge in [0.25, 0.3) is 0 Å². The maximum atomic E-state index is 5.21. The van der Waals surface area contributed by atoms with E-state index < -0.39 is 0 Å². The van der Waals surface area contributed by atoms with Crippen LogP contribution in [0.1, 0.15) is 17.2 Å². The number of benzene rings is 2. The van der Waals surface area contributed by atoms with Crippen molar-refractivity contribution >= 4 is 18.1 Å². The lowest BCUT2D eigenvalue weighted by atomic mass is 9.99. The van der Waals surface area contributed by atoms with Gasteiger partial charge in [-0.3, -0.25) is 4.98 Å². The third-order valence-corrected chi connectivity index (χ3v) is 3.57. The lowest BCUT2D eigenvalue weighted by Gasteiger charge is -2.21. The van der Waals surface area contributed by atoms with E-state index in [1.807, 2.05) is 54.9 Å². The van der Waals surface area contributed by atoms with Gasteiger partial charge in [0.1, 0.15) is 5.75 Å². The molecule has 4 heteroatoms. The molecule has 1 N–H and O–H groups in total. The highest BCUT2D eigenvalue weighted by Gasteiger charge is 2.13. The zero-order chi connectivity index (χ0) is 15.2. The first-order valence-corrected chi connectivity index (χ1v) is 7.22. The summed E-state index contributed by atoms with van der Waals surface area (Å²) in [5.41, 5.74) is 3.44. The predicted octanol–water partition coefficient (Wildman–Crippen LogP) is 4.71. The van der Waals surface area contributed by atoms with Crippen molar-refractivity contribution in [3.05, 3.63) is 90.3 Å².